The van der Waals surface area contributed by atoms with Gasteiger partial charge in [-0.05, 0) is 51.5 Å². The molecule has 17 heavy (non-hydrogen) atoms. The molecule has 0 aliphatic rings. The van der Waals surface area contributed by atoms with E-state index in [0.29, 0.717) is 5.57 Å². The van der Waals surface area contributed by atoms with Gasteiger partial charge in [-0.3, -0.25) is 0 Å². The fraction of sp³-hybridized carbons (Fsp3) is 0.357. The van der Waals surface area contributed by atoms with Crippen LogP contribution >= 0.6 is 0 Å². The Bertz CT molecular complexity index is 422. The molecule has 1 aromatic carbocycles. The van der Waals surface area contributed by atoms with E-state index < -0.39 is 5.97 Å². The van der Waals surface area contributed by atoms with Crippen molar-refractivity contribution in [2.24, 2.45) is 0 Å². The summed E-state index contributed by atoms with van der Waals surface area (Å²) in [5.41, 5.74) is 0.939. The van der Waals surface area contributed by atoms with Gasteiger partial charge in [-0.2, -0.15) is 0 Å². The van der Waals surface area contributed by atoms with Crippen molar-refractivity contribution in [1.29, 1.82) is 0 Å². The molecule has 0 heterocycles. The Morgan fingerprint density at radius 2 is 1.76 bits per heavy atom. The second kappa shape index (κ2) is 5.04. The van der Waals surface area contributed by atoms with Gasteiger partial charge in [0.25, 0.3) is 0 Å². The highest BCUT2D eigenvalue weighted by Crippen LogP contribution is 2.19. The minimum absolute atomic E-state index is 0.228. The van der Waals surface area contributed by atoms with Crippen LogP contribution in [0.2, 0.25) is 0 Å². The number of ether oxygens (including phenoxy) is 1. The van der Waals surface area contributed by atoms with Crippen molar-refractivity contribution in [3.05, 3.63) is 35.4 Å². The Hall–Kier alpha value is -1.77. The minimum Gasteiger partial charge on any atom is -0.488 e. The van der Waals surface area contributed by atoms with Gasteiger partial charge in [-0.25, -0.2) is 4.79 Å². The Morgan fingerprint density at radius 1 is 1.24 bits per heavy atom. The highest BCUT2D eigenvalue weighted by atomic mass is 16.5. The number of carboxylic acid groups (broad SMARTS) is 1. The van der Waals surface area contributed by atoms with E-state index in [-0.39, 0.29) is 5.60 Å². The van der Waals surface area contributed by atoms with Crippen LogP contribution in [0.25, 0.3) is 6.08 Å². The minimum atomic E-state index is -0.903. The molecule has 0 unspecified atom stereocenters. The van der Waals surface area contributed by atoms with Gasteiger partial charge in [0.05, 0.1) is 0 Å². The molecule has 1 aromatic rings. The number of aliphatic carboxylic acids is 1. The molecule has 3 heteroatoms. The summed E-state index contributed by atoms with van der Waals surface area (Å²) in [7, 11) is 0. The molecule has 0 amide bonds. The zero-order valence-electron chi connectivity index (χ0n) is 10.7. The number of hydrogen-bond acceptors (Lipinski definition) is 2. The average molecular weight is 234 g/mol. The quantitative estimate of drug-likeness (QED) is 0.816. The van der Waals surface area contributed by atoms with Crippen LogP contribution < -0.4 is 4.74 Å². The number of hydrogen-bond donors (Lipinski definition) is 1. The maximum Gasteiger partial charge on any atom is 0.331 e. The number of benzene rings is 1. The normalized spacial score (nSPS) is 12.4. The van der Waals surface area contributed by atoms with E-state index in [1.54, 1.807) is 13.0 Å². The molecule has 0 aliphatic heterocycles. The van der Waals surface area contributed by atoms with E-state index in [9.17, 15) is 4.79 Å². The van der Waals surface area contributed by atoms with Crippen molar-refractivity contribution in [2.75, 3.05) is 0 Å². The monoisotopic (exact) mass is 234 g/mol. The molecule has 0 spiro atoms. The van der Waals surface area contributed by atoms with Crippen molar-refractivity contribution in [3.8, 4) is 5.75 Å². The van der Waals surface area contributed by atoms with Gasteiger partial charge < -0.3 is 9.84 Å². The van der Waals surface area contributed by atoms with Crippen molar-refractivity contribution >= 4 is 12.0 Å². The van der Waals surface area contributed by atoms with E-state index in [0.717, 1.165) is 11.3 Å². The molecular weight excluding hydrogens is 216 g/mol. The third kappa shape index (κ3) is 4.72. The van der Waals surface area contributed by atoms with E-state index in [2.05, 4.69) is 0 Å². The number of carbonyl (C=O) groups is 1. The molecule has 1 N–H and O–H groups in total. The zero-order chi connectivity index (χ0) is 13.1. The fourth-order valence-corrected chi connectivity index (χ4v) is 1.30. The molecule has 0 saturated heterocycles. The van der Waals surface area contributed by atoms with E-state index in [1.165, 1.54) is 0 Å². The second-order valence-corrected chi connectivity index (χ2v) is 4.92. The first-order valence-electron chi connectivity index (χ1n) is 5.48. The van der Waals surface area contributed by atoms with E-state index in [1.807, 2.05) is 45.0 Å². The SMILES string of the molecule is C/C(=C\c1ccc(OC(C)(C)C)cc1)C(=O)O. The van der Waals surface area contributed by atoms with Crippen LogP contribution in [0.4, 0.5) is 0 Å². The van der Waals surface area contributed by atoms with Crippen molar-refractivity contribution in [3.63, 3.8) is 0 Å². The molecule has 0 fully saturated rings. The van der Waals surface area contributed by atoms with Crippen molar-refractivity contribution < 1.29 is 14.6 Å². The van der Waals surface area contributed by atoms with Crippen LogP contribution in [-0.2, 0) is 4.79 Å². The Morgan fingerprint density at radius 3 is 2.18 bits per heavy atom. The largest absolute Gasteiger partial charge is 0.488 e. The standard InChI is InChI=1S/C14H18O3/c1-10(13(15)16)9-11-5-7-12(8-6-11)17-14(2,3)4/h5-9H,1-4H3,(H,15,16)/b10-9+. The summed E-state index contributed by atoms with van der Waals surface area (Å²) in [6.45, 7) is 7.52. The topological polar surface area (TPSA) is 46.5 Å². The lowest BCUT2D eigenvalue weighted by Crippen LogP contribution is -2.22. The third-order valence-electron chi connectivity index (χ3n) is 2.02. The van der Waals surface area contributed by atoms with Crippen LogP contribution in [0.5, 0.6) is 5.75 Å². The van der Waals surface area contributed by atoms with Gasteiger partial charge >= 0.3 is 5.97 Å². The smallest absolute Gasteiger partial charge is 0.331 e. The first-order valence-corrected chi connectivity index (χ1v) is 5.48. The van der Waals surface area contributed by atoms with Crippen LogP contribution in [0.1, 0.15) is 33.3 Å². The average Bonchev–Trinajstić information content (AvgIpc) is 2.18. The summed E-state index contributed by atoms with van der Waals surface area (Å²) in [6.07, 6.45) is 1.63. The van der Waals surface area contributed by atoms with E-state index >= 15 is 0 Å². The lowest BCUT2D eigenvalue weighted by atomic mass is 10.1. The highest BCUT2D eigenvalue weighted by Gasteiger charge is 2.11. The summed E-state index contributed by atoms with van der Waals surface area (Å²) < 4.78 is 5.67. The van der Waals surface area contributed by atoms with Gasteiger partial charge in [0.15, 0.2) is 0 Å². The van der Waals surface area contributed by atoms with Gasteiger partial charge in [-0.15, -0.1) is 0 Å². The first-order chi connectivity index (χ1) is 7.78. The second-order valence-electron chi connectivity index (χ2n) is 4.92. The molecule has 1 rings (SSSR count). The lowest BCUT2D eigenvalue weighted by molar-refractivity contribution is -0.132. The highest BCUT2D eigenvalue weighted by molar-refractivity contribution is 5.91. The molecule has 3 nitrogen and oxygen atoms in total. The number of carboxylic acids is 1. The predicted octanol–water partition coefficient (Wildman–Crippen LogP) is 3.35. The zero-order valence-corrected chi connectivity index (χ0v) is 10.7. The molecule has 0 bridgehead atoms. The van der Waals surface area contributed by atoms with Gasteiger partial charge in [0.2, 0.25) is 0 Å². The van der Waals surface area contributed by atoms with Crippen LogP contribution in [0, 0.1) is 0 Å². The fourth-order valence-electron chi connectivity index (χ4n) is 1.30. The summed E-state index contributed by atoms with van der Waals surface area (Å²) in [5.74, 6) is -0.123. The Kier molecular flexibility index (Phi) is 3.94. The molecule has 0 atom stereocenters. The third-order valence-corrected chi connectivity index (χ3v) is 2.02. The molecular formula is C14H18O3. The van der Waals surface area contributed by atoms with E-state index in [4.69, 9.17) is 9.84 Å². The molecule has 92 valence electrons. The van der Waals surface area contributed by atoms with Crippen LogP contribution in [-0.4, -0.2) is 16.7 Å². The summed E-state index contributed by atoms with van der Waals surface area (Å²) >= 11 is 0. The summed E-state index contributed by atoms with van der Waals surface area (Å²) in [6, 6.07) is 7.36. The Labute approximate surface area is 102 Å². The molecule has 0 radical (unpaired) electrons. The maximum absolute atomic E-state index is 10.7. The Balaban J connectivity index is 2.82. The predicted molar refractivity (Wildman–Crippen MR) is 68.1 cm³/mol. The molecule has 0 aromatic heterocycles. The van der Waals surface area contributed by atoms with Crippen molar-refractivity contribution in [2.45, 2.75) is 33.3 Å². The maximum atomic E-state index is 10.7. The summed E-state index contributed by atoms with van der Waals surface area (Å²) in [4.78, 5) is 10.7. The lowest BCUT2D eigenvalue weighted by Gasteiger charge is -2.21. The molecule has 0 saturated carbocycles. The van der Waals surface area contributed by atoms with Gasteiger partial charge in [0, 0.05) is 5.57 Å². The first kappa shape index (κ1) is 13.3. The molecule has 0 aliphatic carbocycles. The van der Waals surface area contributed by atoms with Gasteiger partial charge in [-0.1, -0.05) is 12.1 Å². The number of rotatable bonds is 3. The summed E-state index contributed by atoms with van der Waals surface area (Å²) in [5, 5.41) is 8.76. The van der Waals surface area contributed by atoms with Crippen LogP contribution in [0.15, 0.2) is 29.8 Å². The van der Waals surface area contributed by atoms with Gasteiger partial charge in [0.1, 0.15) is 11.4 Å². The van der Waals surface area contributed by atoms with Crippen LogP contribution in [0.3, 0.4) is 0 Å². The van der Waals surface area contributed by atoms with Crippen molar-refractivity contribution in [1.82, 2.24) is 0 Å².